The minimum Gasteiger partial charge on any atom is -0.390 e. The molecule has 3 nitrogen and oxygen atoms in total. The average molecular weight is 431 g/mol. The third kappa shape index (κ3) is 5.54. The summed E-state index contributed by atoms with van der Waals surface area (Å²) in [4.78, 5) is 0. The zero-order valence-electron chi connectivity index (χ0n) is 20.5. The van der Waals surface area contributed by atoms with Crippen LogP contribution in [-0.4, -0.2) is 33.1 Å². The Kier molecular flexibility index (Phi) is 7.61. The van der Waals surface area contributed by atoms with Crippen molar-refractivity contribution in [1.29, 1.82) is 0 Å². The summed E-state index contributed by atoms with van der Waals surface area (Å²) in [5.41, 5.74) is 3.06. The van der Waals surface area contributed by atoms with Gasteiger partial charge in [-0.1, -0.05) is 50.6 Å². The number of hydrogen-bond acceptors (Lipinski definition) is 3. The van der Waals surface area contributed by atoms with Crippen molar-refractivity contribution in [2.24, 2.45) is 29.1 Å². The largest absolute Gasteiger partial charge is 0.390 e. The van der Waals surface area contributed by atoms with E-state index in [0.29, 0.717) is 41.6 Å². The van der Waals surface area contributed by atoms with E-state index in [-0.39, 0.29) is 0 Å². The average Bonchev–Trinajstić information content (AvgIpc) is 3.04. The van der Waals surface area contributed by atoms with Crippen LogP contribution in [-0.2, 0) is 0 Å². The van der Waals surface area contributed by atoms with Crippen LogP contribution in [0.3, 0.4) is 0 Å². The van der Waals surface area contributed by atoms with Crippen molar-refractivity contribution < 1.29 is 15.3 Å². The first-order valence-electron chi connectivity index (χ1n) is 12.6. The highest BCUT2D eigenvalue weighted by Gasteiger charge is 2.51. The lowest BCUT2D eigenvalue weighted by molar-refractivity contribution is 0.0447. The molecule has 3 saturated carbocycles. The highest BCUT2D eigenvalue weighted by atomic mass is 16.3. The summed E-state index contributed by atoms with van der Waals surface area (Å²) >= 11 is 0. The number of aliphatic hydroxyl groups is 3. The van der Waals surface area contributed by atoms with Crippen LogP contribution in [0.5, 0.6) is 0 Å². The van der Waals surface area contributed by atoms with Crippen molar-refractivity contribution in [3.8, 4) is 0 Å². The van der Waals surface area contributed by atoms with Crippen LogP contribution in [0.1, 0.15) is 92.4 Å². The van der Waals surface area contributed by atoms with Gasteiger partial charge in [-0.3, -0.25) is 0 Å². The Labute approximate surface area is 190 Å². The van der Waals surface area contributed by atoms with E-state index >= 15 is 0 Å². The van der Waals surface area contributed by atoms with Crippen LogP contribution in [0.25, 0.3) is 0 Å². The van der Waals surface area contributed by atoms with Gasteiger partial charge in [0.1, 0.15) is 0 Å². The van der Waals surface area contributed by atoms with Gasteiger partial charge >= 0.3 is 0 Å². The van der Waals surface area contributed by atoms with Gasteiger partial charge in [-0.25, -0.2) is 0 Å². The lowest BCUT2D eigenvalue weighted by atomic mass is 9.59. The van der Waals surface area contributed by atoms with Crippen molar-refractivity contribution in [3.63, 3.8) is 0 Å². The first-order valence-corrected chi connectivity index (χ1v) is 12.6. The summed E-state index contributed by atoms with van der Waals surface area (Å²) in [5.74, 6) is 2.69. The first kappa shape index (κ1) is 24.7. The Hall–Kier alpha value is -0.900. The molecule has 0 aromatic carbocycles. The molecule has 0 aromatic rings. The molecule has 0 bridgehead atoms. The van der Waals surface area contributed by atoms with E-state index in [1.807, 2.05) is 13.8 Å². The molecule has 0 spiro atoms. The highest BCUT2D eigenvalue weighted by molar-refractivity contribution is 5.29. The van der Waals surface area contributed by atoms with Crippen molar-refractivity contribution in [3.05, 3.63) is 35.5 Å². The molecule has 3 fully saturated rings. The molecular formula is C28H46O3. The maximum Gasteiger partial charge on any atom is 0.0809 e. The second-order valence-corrected chi connectivity index (χ2v) is 11.9. The number of hydrogen-bond donors (Lipinski definition) is 3. The fourth-order valence-corrected chi connectivity index (χ4v) is 6.81. The number of fused-ring (bicyclic) bond motifs is 1. The van der Waals surface area contributed by atoms with Gasteiger partial charge < -0.3 is 15.3 Å². The Morgan fingerprint density at radius 3 is 2.39 bits per heavy atom. The molecule has 0 radical (unpaired) electrons. The van der Waals surface area contributed by atoms with Crippen molar-refractivity contribution >= 4 is 0 Å². The molecule has 0 aliphatic heterocycles. The molecule has 31 heavy (non-hydrogen) atoms. The van der Waals surface area contributed by atoms with Crippen LogP contribution < -0.4 is 0 Å². The monoisotopic (exact) mass is 430 g/mol. The molecule has 3 rings (SSSR count). The summed E-state index contributed by atoms with van der Waals surface area (Å²) in [6, 6.07) is 0. The smallest absolute Gasteiger partial charge is 0.0809 e. The van der Waals surface area contributed by atoms with E-state index < -0.39 is 17.8 Å². The quantitative estimate of drug-likeness (QED) is 0.456. The van der Waals surface area contributed by atoms with Gasteiger partial charge in [0.25, 0.3) is 0 Å². The molecule has 0 amide bonds. The topological polar surface area (TPSA) is 60.7 Å². The first-order chi connectivity index (χ1) is 14.4. The molecule has 176 valence electrons. The molecule has 0 aromatic heterocycles. The second kappa shape index (κ2) is 9.53. The SMILES string of the molecule is C=C1[C@H](O)CC(=C/C=C2\CCC[C@@]3(C)C2CC[C@@H]3[C@@H](C)[C@H](C)CCC(C)(C)O)C[C@H]1O. The van der Waals surface area contributed by atoms with Gasteiger partial charge in [0.05, 0.1) is 17.8 Å². The van der Waals surface area contributed by atoms with E-state index in [2.05, 4.69) is 39.5 Å². The van der Waals surface area contributed by atoms with Crippen LogP contribution >= 0.6 is 0 Å². The fraction of sp³-hybridized carbons (Fsp3) is 0.786. The minimum atomic E-state index is -0.618. The number of allylic oxidation sites excluding steroid dienone is 3. The summed E-state index contributed by atoms with van der Waals surface area (Å²) in [7, 11) is 0. The molecule has 3 N–H and O–H groups in total. The lowest BCUT2D eigenvalue weighted by Crippen LogP contribution is -2.37. The zero-order valence-corrected chi connectivity index (χ0v) is 20.5. The van der Waals surface area contributed by atoms with E-state index in [4.69, 9.17) is 0 Å². The Morgan fingerprint density at radius 2 is 1.77 bits per heavy atom. The van der Waals surface area contributed by atoms with Gasteiger partial charge in [-0.05, 0) is 106 Å². The molecule has 3 heteroatoms. The molecule has 0 saturated heterocycles. The van der Waals surface area contributed by atoms with Crippen molar-refractivity contribution in [2.75, 3.05) is 0 Å². The Balaban J connectivity index is 1.71. The summed E-state index contributed by atoms with van der Waals surface area (Å²) in [6.45, 7) is 15.0. The van der Waals surface area contributed by atoms with Crippen molar-refractivity contribution in [2.45, 2.75) is 110 Å². The lowest BCUT2D eigenvalue weighted by Gasteiger charge is -2.45. The minimum absolute atomic E-state index is 0.366. The molecule has 3 aliphatic rings. The number of aliphatic hydroxyl groups excluding tert-OH is 2. The van der Waals surface area contributed by atoms with Crippen molar-refractivity contribution in [1.82, 2.24) is 0 Å². The summed E-state index contributed by atoms with van der Waals surface area (Å²) < 4.78 is 0. The van der Waals surface area contributed by atoms with Crippen LogP contribution in [0, 0.1) is 29.1 Å². The fourth-order valence-electron chi connectivity index (χ4n) is 6.81. The Bertz CT molecular complexity index is 696. The summed E-state index contributed by atoms with van der Waals surface area (Å²) in [6.07, 6.45) is 12.8. The van der Waals surface area contributed by atoms with E-state index in [0.717, 1.165) is 24.3 Å². The van der Waals surface area contributed by atoms with Gasteiger partial charge in [0.2, 0.25) is 0 Å². The van der Waals surface area contributed by atoms with Gasteiger partial charge in [0, 0.05) is 0 Å². The Morgan fingerprint density at radius 1 is 1.13 bits per heavy atom. The van der Waals surface area contributed by atoms with E-state index in [9.17, 15) is 15.3 Å². The zero-order chi connectivity index (χ0) is 23.0. The molecular weight excluding hydrogens is 384 g/mol. The van der Waals surface area contributed by atoms with Crippen LogP contribution in [0.2, 0.25) is 0 Å². The molecule has 7 atom stereocenters. The molecule has 0 heterocycles. The molecule has 1 unspecified atom stereocenters. The normalized spacial score (nSPS) is 37.6. The predicted molar refractivity (Wildman–Crippen MR) is 129 cm³/mol. The van der Waals surface area contributed by atoms with Crippen LogP contribution in [0.4, 0.5) is 0 Å². The third-order valence-electron chi connectivity index (χ3n) is 9.08. The van der Waals surface area contributed by atoms with E-state index in [1.54, 1.807) is 5.57 Å². The highest BCUT2D eigenvalue weighted by Crippen LogP contribution is 2.60. The standard InChI is InChI=1S/C28H46O3/c1-18(13-15-27(4,5)31)19(2)23-11-12-24-22(8-7-14-28(23,24)6)10-9-21-16-25(29)20(3)26(30)17-21/h9-10,18-19,23-26,29-31H,3,7-8,11-17H2,1-2,4-6H3/b22-10+/t18-,19+,23-,24?,25-,26-,28-/m1/s1. The van der Waals surface area contributed by atoms with Gasteiger partial charge in [0.15, 0.2) is 0 Å². The maximum absolute atomic E-state index is 10.2. The van der Waals surface area contributed by atoms with Gasteiger partial charge in [-0.15, -0.1) is 0 Å². The van der Waals surface area contributed by atoms with Crippen LogP contribution in [0.15, 0.2) is 35.5 Å². The predicted octanol–water partition coefficient (Wildman–Crippen LogP) is 5.95. The van der Waals surface area contributed by atoms with E-state index in [1.165, 1.54) is 32.1 Å². The maximum atomic E-state index is 10.2. The summed E-state index contributed by atoms with van der Waals surface area (Å²) in [5, 5.41) is 30.5. The van der Waals surface area contributed by atoms with Gasteiger partial charge in [-0.2, -0.15) is 0 Å². The third-order valence-corrected chi connectivity index (χ3v) is 9.08. The number of rotatable bonds is 6. The molecule has 3 aliphatic carbocycles. The second-order valence-electron chi connectivity index (χ2n) is 11.9.